The Balaban J connectivity index is 1.46. The highest BCUT2D eigenvalue weighted by atomic mass is 15.3. The number of piperazine rings is 1. The minimum atomic E-state index is 0.500. The lowest BCUT2D eigenvalue weighted by molar-refractivity contribution is 0.270. The van der Waals surface area contributed by atoms with E-state index < -0.39 is 0 Å². The topological polar surface area (TPSA) is 31.4 Å². The predicted molar refractivity (Wildman–Crippen MR) is 110 cm³/mol. The molecule has 1 unspecified atom stereocenters. The Morgan fingerprint density at radius 1 is 1.04 bits per heavy atom. The molecule has 4 nitrogen and oxygen atoms in total. The molecule has 0 saturated carbocycles. The lowest BCUT2D eigenvalue weighted by Gasteiger charge is -2.34. The van der Waals surface area contributed by atoms with E-state index in [1.807, 2.05) is 6.20 Å². The van der Waals surface area contributed by atoms with Crippen LogP contribution in [0.1, 0.15) is 31.4 Å². The van der Waals surface area contributed by atoms with E-state index in [0.29, 0.717) is 6.04 Å². The molecule has 3 rings (SSSR count). The summed E-state index contributed by atoms with van der Waals surface area (Å²) in [5.41, 5.74) is 2.73. The molecule has 26 heavy (non-hydrogen) atoms. The van der Waals surface area contributed by atoms with Gasteiger partial charge in [-0.1, -0.05) is 37.3 Å². The summed E-state index contributed by atoms with van der Waals surface area (Å²) in [7, 11) is 0. The number of anilines is 1. The molecular formula is C22H32N4. The lowest BCUT2D eigenvalue weighted by Crippen LogP contribution is -2.46. The molecule has 1 aromatic heterocycles. The van der Waals surface area contributed by atoms with Crippen LogP contribution in [0.3, 0.4) is 0 Å². The molecular weight excluding hydrogens is 320 g/mol. The average molecular weight is 353 g/mol. The van der Waals surface area contributed by atoms with Gasteiger partial charge in [0.05, 0.1) is 0 Å². The third-order valence-electron chi connectivity index (χ3n) is 5.32. The molecule has 0 spiro atoms. The third kappa shape index (κ3) is 5.55. The van der Waals surface area contributed by atoms with E-state index in [0.717, 1.165) is 57.9 Å². The van der Waals surface area contributed by atoms with Crippen LogP contribution in [0, 0.1) is 0 Å². The van der Waals surface area contributed by atoms with Crippen molar-refractivity contribution >= 4 is 5.82 Å². The quantitative estimate of drug-likeness (QED) is 0.790. The van der Waals surface area contributed by atoms with Crippen LogP contribution in [-0.2, 0) is 13.0 Å². The van der Waals surface area contributed by atoms with E-state index in [9.17, 15) is 0 Å². The minimum Gasteiger partial charge on any atom is -0.354 e. The fourth-order valence-electron chi connectivity index (χ4n) is 3.46. The summed E-state index contributed by atoms with van der Waals surface area (Å²) < 4.78 is 0. The number of aromatic nitrogens is 1. The van der Waals surface area contributed by atoms with E-state index in [2.05, 4.69) is 76.4 Å². The number of hydrogen-bond donors (Lipinski definition) is 1. The Morgan fingerprint density at radius 3 is 2.54 bits per heavy atom. The maximum atomic E-state index is 4.60. The highest BCUT2D eigenvalue weighted by Gasteiger charge is 2.16. The second kappa shape index (κ2) is 9.70. The fraction of sp³-hybridized carbons (Fsp3) is 0.500. The van der Waals surface area contributed by atoms with Crippen molar-refractivity contribution in [2.24, 2.45) is 0 Å². The summed E-state index contributed by atoms with van der Waals surface area (Å²) >= 11 is 0. The van der Waals surface area contributed by atoms with Crippen LogP contribution in [0.2, 0.25) is 0 Å². The SMILES string of the molecule is CCN1CCN(c2cc(CNC(C)CCc3ccccc3)ccn2)CC1. The fourth-order valence-corrected chi connectivity index (χ4v) is 3.46. The predicted octanol–water partition coefficient (Wildman–Crippen LogP) is 3.33. The number of hydrogen-bond acceptors (Lipinski definition) is 4. The van der Waals surface area contributed by atoms with Gasteiger partial charge in [0.15, 0.2) is 0 Å². The van der Waals surface area contributed by atoms with E-state index >= 15 is 0 Å². The smallest absolute Gasteiger partial charge is 0.128 e. The Kier molecular flexibility index (Phi) is 7.04. The standard InChI is InChI=1S/C22H32N4/c1-3-25-13-15-26(16-14-25)22-17-21(11-12-23-22)18-24-19(2)9-10-20-7-5-4-6-8-20/h4-8,11-12,17,19,24H,3,9-10,13-16,18H2,1-2H3. The first-order valence-corrected chi connectivity index (χ1v) is 9.94. The number of nitrogens with one attached hydrogen (secondary N) is 1. The summed E-state index contributed by atoms with van der Waals surface area (Å²) in [5, 5.41) is 3.66. The summed E-state index contributed by atoms with van der Waals surface area (Å²) in [6, 6.07) is 15.6. The van der Waals surface area contributed by atoms with Crippen LogP contribution < -0.4 is 10.2 Å². The van der Waals surface area contributed by atoms with E-state index in [-0.39, 0.29) is 0 Å². The first-order chi connectivity index (χ1) is 12.7. The van der Waals surface area contributed by atoms with Gasteiger partial charge in [0.25, 0.3) is 0 Å². The van der Waals surface area contributed by atoms with Crippen molar-refractivity contribution in [1.29, 1.82) is 0 Å². The zero-order chi connectivity index (χ0) is 18.2. The van der Waals surface area contributed by atoms with Gasteiger partial charge in [-0.15, -0.1) is 0 Å². The third-order valence-corrected chi connectivity index (χ3v) is 5.32. The molecule has 0 radical (unpaired) electrons. The molecule has 140 valence electrons. The molecule has 1 aromatic carbocycles. The van der Waals surface area contributed by atoms with Gasteiger partial charge < -0.3 is 15.1 Å². The summed E-state index contributed by atoms with van der Waals surface area (Å²) in [4.78, 5) is 9.50. The van der Waals surface area contributed by atoms with Gasteiger partial charge in [0, 0.05) is 45.0 Å². The largest absolute Gasteiger partial charge is 0.354 e. The lowest BCUT2D eigenvalue weighted by atomic mass is 10.1. The van der Waals surface area contributed by atoms with Crippen molar-refractivity contribution in [2.45, 2.75) is 39.3 Å². The van der Waals surface area contributed by atoms with Gasteiger partial charge in [-0.3, -0.25) is 0 Å². The molecule has 1 saturated heterocycles. The molecule has 1 aliphatic rings. The van der Waals surface area contributed by atoms with Crippen molar-refractivity contribution < 1.29 is 0 Å². The monoisotopic (exact) mass is 352 g/mol. The van der Waals surface area contributed by atoms with E-state index in [1.54, 1.807) is 0 Å². The van der Waals surface area contributed by atoms with Crippen molar-refractivity contribution in [2.75, 3.05) is 37.6 Å². The molecule has 1 aliphatic heterocycles. The number of benzene rings is 1. The average Bonchev–Trinajstić information content (AvgIpc) is 2.72. The van der Waals surface area contributed by atoms with Crippen molar-refractivity contribution in [1.82, 2.24) is 15.2 Å². The van der Waals surface area contributed by atoms with Crippen molar-refractivity contribution in [3.05, 3.63) is 59.8 Å². The first kappa shape index (κ1) is 18.9. The van der Waals surface area contributed by atoms with Crippen LogP contribution in [0.25, 0.3) is 0 Å². The minimum absolute atomic E-state index is 0.500. The summed E-state index contributed by atoms with van der Waals surface area (Å²) in [6.45, 7) is 11.0. The zero-order valence-corrected chi connectivity index (χ0v) is 16.2. The molecule has 4 heteroatoms. The van der Waals surface area contributed by atoms with Gasteiger partial charge in [0.2, 0.25) is 0 Å². The summed E-state index contributed by atoms with van der Waals surface area (Å²) in [6.07, 6.45) is 4.23. The highest BCUT2D eigenvalue weighted by Crippen LogP contribution is 2.15. The molecule has 1 atom stereocenters. The number of likely N-dealkylation sites (N-methyl/N-ethyl adjacent to an activating group) is 1. The Bertz CT molecular complexity index is 650. The van der Waals surface area contributed by atoms with Crippen LogP contribution in [0.15, 0.2) is 48.7 Å². The molecule has 2 heterocycles. The van der Waals surface area contributed by atoms with Crippen LogP contribution >= 0.6 is 0 Å². The first-order valence-electron chi connectivity index (χ1n) is 9.94. The maximum Gasteiger partial charge on any atom is 0.128 e. The second-order valence-electron chi connectivity index (χ2n) is 7.25. The molecule has 1 N–H and O–H groups in total. The molecule has 1 fully saturated rings. The Hall–Kier alpha value is -1.91. The number of nitrogens with zero attached hydrogens (tertiary/aromatic N) is 3. The Morgan fingerprint density at radius 2 is 1.81 bits per heavy atom. The normalized spacial score (nSPS) is 16.6. The van der Waals surface area contributed by atoms with E-state index in [4.69, 9.17) is 0 Å². The van der Waals surface area contributed by atoms with Crippen LogP contribution in [-0.4, -0.2) is 48.6 Å². The second-order valence-corrected chi connectivity index (χ2v) is 7.25. The number of pyridine rings is 1. The van der Waals surface area contributed by atoms with Crippen molar-refractivity contribution in [3.8, 4) is 0 Å². The van der Waals surface area contributed by atoms with Gasteiger partial charge in [-0.2, -0.15) is 0 Å². The van der Waals surface area contributed by atoms with Crippen LogP contribution in [0.5, 0.6) is 0 Å². The molecule has 0 amide bonds. The van der Waals surface area contributed by atoms with E-state index in [1.165, 1.54) is 11.1 Å². The van der Waals surface area contributed by atoms with Gasteiger partial charge in [-0.25, -0.2) is 4.98 Å². The maximum absolute atomic E-state index is 4.60. The number of rotatable bonds is 8. The van der Waals surface area contributed by atoms with Gasteiger partial charge in [-0.05, 0) is 49.6 Å². The number of aryl methyl sites for hydroxylation is 1. The van der Waals surface area contributed by atoms with Crippen LogP contribution in [0.4, 0.5) is 5.82 Å². The summed E-state index contributed by atoms with van der Waals surface area (Å²) in [5.74, 6) is 1.12. The Labute approximate surface area is 158 Å². The van der Waals surface area contributed by atoms with Gasteiger partial charge >= 0.3 is 0 Å². The molecule has 0 aliphatic carbocycles. The molecule has 0 bridgehead atoms. The van der Waals surface area contributed by atoms with Gasteiger partial charge in [0.1, 0.15) is 5.82 Å². The molecule has 2 aromatic rings. The highest BCUT2D eigenvalue weighted by molar-refractivity contribution is 5.41. The zero-order valence-electron chi connectivity index (χ0n) is 16.2. The van der Waals surface area contributed by atoms with Crippen molar-refractivity contribution in [3.63, 3.8) is 0 Å².